The third-order valence-electron chi connectivity index (χ3n) is 1.60. The Labute approximate surface area is 59.3 Å². The van der Waals surface area contributed by atoms with E-state index in [1.807, 2.05) is 6.92 Å². The second-order valence-electron chi connectivity index (χ2n) is 2.22. The Morgan fingerprint density at radius 3 is 2.40 bits per heavy atom. The van der Waals surface area contributed by atoms with Crippen molar-refractivity contribution >= 4 is 11.7 Å². The fraction of sp³-hybridized carbons (Fsp3) is 0.429. The molecule has 0 bridgehead atoms. The number of likely N-dealkylation sites (N-methyl/N-ethyl adjacent to an activating group) is 1. The second-order valence-corrected chi connectivity index (χ2v) is 2.22. The second kappa shape index (κ2) is 2.25. The van der Waals surface area contributed by atoms with Gasteiger partial charge in [-0.15, -0.1) is 0 Å². The number of amides is 1. The first-order chi connectivity index (χ1) is 4.66. The van der Waals surface area contributed by atoms with E-state index in [9.17, 15) is 9.59 Å². The summed E-state index contributed by atoms with van der Waals surface area (Å²) in [6.45, 7) is 6.01. The highest BCUT2D eigenvalue weighted by molar-refractivity contribution is 6.24. The minimum absolute atomic E-state index is 0.127. The average molecular weight is 139 g/mol. The predicted molar refractivity (Wildman–Crippen MR) is 36.4 cm³/mol. The van der Waals surface area contributed by atoms with Crippen LogP contribution < -0.4 is 0 Å². The van der Waals surface area contributed by atoms with Gasteiger partial charge in [-0.05, 0) is 6.92 Å². The lowest BCUT2D eigenvalue weighted by Gasteiger charge is -2.08. The predicted octanol–water partition coefficient (Wildman–Crippen LogP) is -0.0262. The van der Waals surface area contributed by atoms with Gasteiger partial charge in [-0.2, -0.15) is 0 Å². The summed E-state index contributed by atoms with van der Waals surface area (Å²) in [5.41, 5.74) is 0.127. The normalized spacial score (nSPS) is 18.9. The molecule has 0 saturated carbocycles. The minimum atomic E-state index is -0.215. The van der Waals surface area contributed by atoms with E-state index in [1.54, 1.807) is 0 Å². The quantitative estimate of drug-likeness (QED) is 0.378. The molecule has 1 fully saturated rings. The highest BCUT2D eigenvalue weighted by atomic mass is 16.2. The molecule has 0 atom stereocenters. The maximum absolute atomic E-state index is 11.0. The molecule has 0 N–H and O–H groups in total. The standard InChI is InChI=1S/C7H9NO2/c1-3-8-4-6(9)5(2)7(8)10/h2-4H2,1H3. The Balaban J connectivity index is 2.81. The summed E-state index contributed by atoms with van der Waals surface area (Å²) in [6, 6.07) is 0. The number of hydrogen-bond acceptors (Lipinski definition) is 2. The smallest absolute Gasteiger partial charge is 0.257 e. The SMILES string of the molecule is C=C1C(=O)CN(CC)C1=O. The molecule has 0 aromatic carbocycles. The van der Waals surface area contributed by atoms with Gasteiger partial charge in [0.25, 0.3) is 5.91 Å². The van der Waals surface area contributed by atoms with Gasteiger partial charge in [0, 0.05) is 6.54 Å². The van der Waals surface area contributed by atoms with Crippen LogP contribution in [0.1, 0.15) is 6.92 Å². The van der Waals surface area contributed by atoms with Gasteiger partial charge in [-0.3, -0.25) is 9.59 Å². The average Bonchev–Trinajstić information content (AvgIpc) is 2.17. The molecule has 0 aromatic heterocycles. The first-order valence-corrected chi connectivity index (χ1v) is 3.18. The molecule has 1 rings (SSSR count). The van der Waals surface area contributed by atoms with Crippen molar-refractivity contribution in [2.45, 2.75) is 6.92 Å². The van der Waals surface area contributed by atoms with Crippen LogP contribution >= 0.6 is 0 Å². The van der Waals surface area contributed by atoms with E-state index in [0.717, 1.165) is 0 Å². The first-order valence-electron chi connectivity index (χ1n) is 3.18. The van der Waals surface area contributed by atoms with Crippen molar-refractivity contribution in [3.8, 4) is 0 Å². The van der Waals surface area contributed by atoms with Gasteiger partial charge in [0.2, 0.25) is 0 Å². The summed E-state index contributed by atoms with van der Waals surface area (Å²) < 4.78 is 0. The van der Waals surface area contributed by atoms with E-state index in [-0.39, 0.29) is 23.8 Å². The van der Waals surface area contributed by atoms with E-state index < -0.39 is 0 Å². The van der Waals surface area contributed by atoms with Gasteiger partial charge in [-0.1, -0.05) is 6.58 Å². The molecule has 0 radical (unpaired) electrons. The molecular weight excluding hydrogens is 130 g/mol. The van der Waals surface area contributed by atoms with Crippen LogP contribution in [0.3, 0.4) is 0 Å². The van der Waals surface area contributed by atoms with Crippen molar-refractivity contribution in [2.75, 3.05) is 13.1 Å². The molecule has 1 saturated heterocycles. The van der Waals surface area contributed by atoms with Crippen LogP contribution in [0.5, 0.6) is 0 Å². The van der Waals surface area contributed by atoms with Crippen molar-refractivity contribution in [3.63, 3.8) is 0 Å². The van der Waals surface area contributed by atoms with E-state index in [4.69, 9.17) is 0 Å². The number of carbonyl (C=O) groups is 2. The summed E-state index contributed by atoms with van der Waals surface area (Å²) >= 11 is 0. The van der Waals surface area contributed by atoms with Crippen molar-refractivity contribution in [1.29, 1.82) is 0 Å². The molecule has 1 aliphatic heterocycles. The maximum atomic E-state index is 11.0. The van der Waals surface area contributed by atoms with Crippen molar-refractivity contribution in [3.05, 3.63) is 12.2 Å². The summed E-state index contributed by atoms with van der Waals surface area (Å²) in [4.78, 5) is 23.2. The number of carbonyl (C=O) groups excluding carboxylic acids is 2. The zero-order chi connectivity index (χ0) is 7.72. The van der Waals surface area contributed by atoms with Crippen LogP contribution in [-0.2, 0) is 9.59 Å². The van der Waals surface area contributed by atoms with Crippen molar-refractivity contribution in [2.24, 2.45) is 0 Å². The number of likely N-dealkylation sites (tertiary alicyclic amines) is 1. The van der Waals surface area contributed by atoms with Gasteiger partial charge < -0.3 is 4.90 Å². The number of rotatable bonds is 1. The Morgan fingerprint density at radius 1 is 1.60 bits per heavy atom. The number of ketones is 1. The number of nitrogens with zero attached hydrogens (tertiary/aromatic N) is 1. The zero-order valence-corrected chi connectivity index (χ0v) is 5.89. The molecule has 0 unspecified atom stereocenters. The summed E-state index contributed by atoms with van der Waals surface area (Å²) in [7, 11) is 0. The molecule has 3 heteroatoms. The maximum Gasteiger partial charge on any atom is 0.257 e. The summed E-state index contributed by atoms with van der Waals surface area (Å²) in [5, 5.41) is 0. The molecule has 1 heterocycles. The molecule has 1 amide bonds. The largest absolute Gasteiger partial charge is 0.331 e. The number of hydrogen-bond donors (Lipinski definition) is 0. The molecule has 0 aliphatic carbocycles. The summed E-state index contributed by atoms with van der Waals surface area (Å²) in [6.07, 6.45) is 0. The third-order valence-corrected chi connectivity index (χ3v) is 1.60. The Bertz CT molecular complexity index is 208. The highest BCUT2D eigenvalue weighted by Gasteiger charge is 2.30. The molecule has 54 valence electrons. The Hall–Kier alpha value is -1.12. The minimum Gasteiger partial charge on any atom is -0.331 e. The molecule has 0 spiro atoms. The van der Waals surface area contributed by atoms with Gasteiger partial charge >= 0.3 is 0 Å². The van der Waals surface area contributed by atoms with Gasteiger partial charge in [0.15, 0.2) is 5.78 Å². The summed E-state index contributed by atoms with van der Waals surface area (Å²) in [5.74, 6) is -0.362. The number of Topliss-reactive ketones (excluding diaryl/α,β-unsaturated/α-hetero) is 1. The van der Waals surface area contributed by atoms with Gasteiger partial charge in [-0.25, -0.2) is 0 Å². The molecule has 3 nitrogen and oxygen atoms in total. The van der Waals surface area contributed by atoms with Crippen LogP contribution in [0.25, 0.3) is 0 Å². The molecule has 0 aromatic rings. The molecule has 10 heavy (non-hydrogen) atoms. The lowest BCUT2D eigenvalue weighted by molar-refractivity contribution is -0.124. The van der Waals surface area contributed by atoms with Crippen LogP contribution in [-0.4, -0.2) is 29.7 Å². The van der Waals surface area contributed by atoms with Crippen LogP contribution in [0.4, 0.5) is 0 Å². The third kappa shape index (κ3) is 0.835. The van der Waals surface area contributed by atoms with Crippen LogP contribution in [0, 0.1) is 0 Å². The van der Waals surface area contributed by atoms with Crippen molar-refractivity contribution in [1.82, 2.24) is 4.90 Å². The lowest BCUT2D eigenvalue weighted by Crippen LogP contribution is -2.24. The van der Waals surface area contributed by atoms with E-state index in [2.05, 4.69) is 6.58 Å². The Morgan fingerprint density at radius 2 is 2.20 bits per heavy atom. The highest BCUT2D eigenvalue weighted by Crippen LogP contribution is 2.09. The molecular formula is C7H9NO2. The Kier molecular flexibility index (Phi) is 1.57. The van der Waals surface area contributed by atoms with Crippen LogP contribution in [0.2, 0.25) is 0 Å². The first kappa shape index (κ1) is 6.99. The van der Waals surface area contributed by atoms with Gasteiger partial charge in [0.1, 0.15) is 0 Å². The lowest BCUT2D eigenvalue weighted by atomic mass is 10.2. The van der Waals surface area contributed by atoms with E-state index in [0.29, 0.717) is 6.54 Å². The topological polar surface area (TPSA) is 37.4 Å². The monoisotopic (exact) mass is 139 g/mol. The van der Waals surface area contributed by atoms with Gasteiger partial charge in [0.05, 0.1) is 12.1 Å². The fourth-order valence-corrected chi connectivity index (χ4v) is 0.906. The van der Waals surface area contributed by atoms with E-state index >= 15 is 0 Å². The van der Waals surface area contributed by atoms with Crippen molar-refractivity contribution < 1.29 is 9.59 Å². The van der Waals surface area contributed by atoms with Crippen LogP contribution in [0.15, 0.2) is 12.2 Å². The van der Waals surface area contributed by atoms with E-state index in [1.165, 1.54) is 4.90 Å². The molecule has 1 aliphatic rings. The zero-order valence-electron chi connectivity index (χ0n) is 5.89. The fourth-order valence-electron chi connectivity index (χ4n) is 0.906.